The van der Waals surface area contributed by atoms with Gasteiger partial charge in [-0.1, -0.05) is 36.4 Å². The summed E-state index contributed by atoms with van der Waals surface area (Å²) in [7, 11) is 1.65. The molecule has 2 aromatic rings. The van der Waals surface area contributed by atoms with Gasteiger partial charge >= 0.3 is 6.18 Å². The smallest absolute Gasteiger partial charge is 0.356 e. The summed E-state index contributed by atoms with van der Waals surface area (Å²) in [4.78, 5) is 4.13. The van der Waals surface area contributed by atoms with E-state index in [2.05, 4.69) is 27.8 Å². The lowest BCUT2D eigenvalue weighted by atomic mass is 9.78. The molecule has 1 unspecified atom stereocenters. The summed E-state index contributed by atoms with van der Waals surface area (Å²) in [6.45, 7) is 1.03. The molecule has 2 N–H and O–H groups in total. The third kappa shape index (κ3) is 4.13. The van der Waals surface area contributed by atoms with Gasteiger partial charge in [0, 0.05) is 26.1 Å². The first kappa shape index (κ1) is 17.3. The second-order valence-corrected chi connectivity index (χ2v) is 6.10. The maximum absolute atomic E-state index is 12.8. The second kappa shape index (κ2) is 7.17. The highest BCUT2D eigenvalue weighted by atomic mass is 19.4. The van der Waals surface area contributed by atoms with Gasteiger partial charge in [-0.2, -0.15) is 13.2 Å². The quantitative estimate of drug-likeness (QED) is 0.653. The highest BCUT2D eigenvalue weighted by molar-refractivity contribution is 5.79. The molecule has 0 bridgehead atoms. The molecule has 0 amide bonds. The van der Waals surface area contributed by atoms with Gasteiger partial charge in [0.1, 0.15) is 0 Å². The Bertz CT molecular complexity index is 769. The highest BCUT2D eigenvalue weighted by Crippen LogP contribution is 2.34. The van der Waals surface area contributed by atoms with E-state index in [1.807, 2.05) is 12.1 Å². The summed E-state index contributed by atoms with van der Waals surface area (Å²) < 4.78 is 38.3. The van der Waals surface area contributed by atoms with E-state index in [1.165, 1.54) is 17.2 Å². The lowest BCUT2D eigenvalue weighted by molar-refractivity contribution is -0.137. The summed E-state index contributed by atoms with van der Waals surface area (Å²) in [5.74, 6) is 1.03. The van der Waals surface area contributed by atoms with E-state index in [4.69, 9.17) is 0 Å². The third-order valence-electron chi connectivity index (χ3n) is 4.42. The monoisotopic (exact) mass is 347 g/mol. The Morgan fingerprint density at radius 1 is 1.12 bits per heavy atom. The van der Waals surface area contributed by atoms with Crippen molar-refractivity contribution in [3.05, 3.63) is 70.8 Å². The van der Waals surface area contributed by atoms with Crippen molar-refractivity contribution in [3.8, 4) is 0 Å². The van der Waals surface area contributed by atoms with Crippen molar-refractivity contribution in [2.75, 3.05) is 13.6 Å². The zero-order chi connectivity index (χ0) is 17.9. The predicted molar refractivity (Wildman–Crippen MR) is 92.5 cm³/mol. The van der Waals surface area contributed by atoms with E-state index in [0.717, 1.165) is 25.1 Å². The maximum atomic E-state index is 12.8. The number of benzene rings is 2. The lowest BCUT2D eigenvalue weighted by Crippen LogP contribution is -2.40. The van der Waals surface area contributed by atoms with Gasteiger partial charge in [0.2, 0.25) is 0 Å². The van der Waals surface area contributed by atoms with E-state index < -0.39 is 11.7 Å². The van der Waals surface area contributed by atoms with E-state index >= 15 is 0 Å². The summed E-state index contributed by atoms with van der Waals surface area (Å²) in [5.41, 5.74) is 2.65. The molecule has 132 valence electrons. The molecule has 0 heterocycles. The van der Waals surface area contributed by atoms with Gasteiger partial charge < -0.3 is 10.6 Å². The highest BCUT2D eigenvalue weighted by Gasteiger charge is 2.30. The van der Waals surface area contributed by atoms with Gasteiger partial charge in [0.15, 0.2) is 5.96 Å². The van der Waals surface area contributed by atoms with Crippen LogP contribution in [0.15, 0.2) is 53.5 Å². The fraction of sp³-hybridized carbons (Fsp3) is 0.316. The Balaban J connectivity index is 1.52. The first-order valence-electron chi connectivity index (χ1n) is 8.16. The van der Waals surface area contributed by atoms with E-state index in [-0.39, 0.29) is 6.54 Å². The molecule has 2 aromatic carbocycles. The molecule has 1 aliphatic carbocycles. The van der Waals surface area contributed by atoms with Crippen molar-refractivity contribution >= 4 is 5.96 Å². The number of nitrogens with one attached hydrogen (secondary N) is 2. The van der Waals surface area contributed by atoms with Crippen LogP contribution in [0.4, 0.5) is 13.2 Å². The van der Waals surface area contributed by atoms with Gasteiger partial charge in [0.25, 0.3) is 0 Å². The molecule has 0 aliphatic heterocycles. The normalized spacial score (nSPS) is 16.8. The van der Waals surface area contributed by atoms with Crippen LogP contribution in [0.1, 0.15) is 28.2 Å². The Morgan fingerprint density at radius 2 is 1.92 bits per heavy atom. The fourth-order valence-electron chi connectivity index (χ4n) is 3.03. The molecule has 0 aromatic heterocycles. The van der Waals surface area contributed by atoms with Gasteiger partial charge in [-0.25, -0.2) is 0 Å². The number of aliphatic imine (C=N–C) groups is 1. The SMILES string of the molecule is CN=C(NCc1cccc(C(F)(F)F)c1)NCC1Cc2ccccc21. The van der Waals surface area contributed by atoms with Gasteiger partial charge in [-0.15, -0.1) is 0 Å². The molecule has 0 saturated carbocycles. The average Bonchev–Trinajstić information content (AvgIpc) is 2.58. The Morgan fingerprint density at radius 3 is 2.64 bits per heavy atom. The van der Waals surface area contributed by atoms with Crippen LogP contribution in [0.5, 0.6) is 0 Å². The van der Waals surface area contributed by atoms with Crippen LogP contribution in [0.2, 0.25) is 0 Å². The molecule has 6 heteroatoms. The summed E-state index contributed by atoms with van der Waals surface area (Å²) in [5, 5.41) is 6.31. The summed E-state index contributed by atoms with van der Waals surface area (Å²) in [6.07, 6.45) is -3.29. The second-order valence-electron chi connectivity index (χ2n) is 6.10. The Hall–Kier alpha value is -2.50. The number of halogens is 3. The lowest BCUT2D eigenvalue weighted by Gasteiger charge is -2.30. The first-order valence-corrected chi connectivity index (χ1v) is 8.16. The van der Waals surface area contributed by atoms with E-state index in [1.54, 1.807) is 13.1 Å². The molecule has 0 saturated heterocycles. The Kier molecular flexibility index (Phi) is 4.97. The zero-order valence-corrected chi connectivity index (χ0v) is 13.9. The number of rotatable bonds is 4. The molecular weight excluding hydrogens is 327 g/mol. The van der Waals surface area contributed by atoms with Crippen LogP contribution in [0.25, 0.3) is 0 Å². The minimum atomic E-state index is -4.33. The van der Waals surface area contributed by atoms with E-state index in [9.17, 15) is 13.2 Å². The van der Waals surface area contributed by atoms with Crippen LogP contribution in [0.3, 0.4) is 0 Å². The zero-order valence-electron chi connectivity index (χ0n) is 13.9. The summed E-state index contributed by atoms with van der Waals surface area (Å²) in [6, 6.07) is 13.6. The van der Waals surface area contributed by atoms with Crippen LogP contribution >= 0.6 is 0 Å². The molecule has 3 nitrogen and oxygen atoms in total. The maximum Gasteiger partial charge on any atom is 0.416 e. The molecule has 1 aliphatic rings. The molecule has 3 rings (SSSR count). The molecule has 25 heavy (non-hydrogen) atoms. The number of alkyl halides is 3. The topological polar surface area (TPSA) is 36.4 Å². The number of hydrogen-bond donors (Lipinski definition) is 2. The van der Waals surface area contributed by atoms with Crippen LogP contribution < -0.4 is 10.6 Å². The molecule has 0 spiro atoms. The Labute approximate surface area is 145 Å². The molecule has 0 fully saturated rings. The van der Waals surface area contributed by atoms with Crippen LogP contribution in [-0.2, 0) is 19.1 Å². The largest absolute Gasteiger partial charge is 0.416 e. The van der Waals surface area contributed by atoms with Gasteiger partial charge in [-0.05, 0) is 35.2 Å². The van der Waals surface area contributed by atoms with Crippen molar-refractivity contribution in [1.29, 1.82) is 0 Å². The average molecular weight is 347 g/mol. The van der Waals surface area contributed by atoms with Crippen molar-refractivity contribution < 1.29 is 13.2 Å². The van der Waals surface area contributed by atoms with Crippen molar-refractivity contribution in [1.82, 2.24) is 10.6 Å². The molecule has 0 radical (unpaired) electrons. The molecular formula is C19H20F3N3. The van der Waals surface area contributed by atoms with Crippen LogP contribution in [-0.4, -0.2) is 19.6 Å². The minimum absolute atomic E-state index is 0.283. The van der Waals surface area contributed by atoms with Gasteiger partial charge in [0.05, 0.1) is 5.56 Å². The molecule has 1 atom stereocenters. The van der Waals surface area contributed by atoms with Crippen molar-refractivity contribution in [3.63, 3.8) is 0 Å². The van der Waals surface area contributed by atoms with E-state index in [0.29, 0.717) is 17.4 Å². The third-order valence-corrected chi connectivity index (χ3v) is 4.42. The van der Waals surface area contributed by atoms with Crippen LogP contribution in [0, 0.1) is 0 Å². The number of nitrogens with zero attached hydrogens (tertiary/aromatic N) is 1. The summed E-state index contributed by atoms with van der Waals surface area (Å²) >= 11 is 0. The number of hydrogen-bond acceptors (Lipinski definition) is 1. The predicted octanol–water partition coefficient (Wildman–Crippen LogP) is 3.71. The minimum Gasteiger partial charge on any atom is -0.356 e. The fourth-order valence-corrected chi connectivity index (χ4v) is 3.03. The first-order chi connectivity index (χ1) is 12.0. The number of fused-ring (bicyclic) bond motifs is 1. The van der Waals surface area contributed by atoms with Crippen molar-refractivity contribution in [2.24, 2.45) is 4.99 Å². The van der Waals surface area contributed by atoms with Crippen molar-refractivity contribution in [2.45, 2.75) is 25.1 Å². The van der Waals surface area contributed by atoms with Gasteiger partial charge in [-0.3, -0.25) is 4.99 Å². The number of guanidine groups is 1. The standard InChI is InChI=1S/C19H20F3N3/c1-23-18(25-12-15-10-14-6-2-3-8-17(14)15)24-11-13-5-4-7-16(9-13)19(20,21)22/h2-9,15H,10-12H2,1H3,(H2,23,24,25).